The van der Waals surface area contributed by atoms with Crippen molar-refractivity contribution in [2.75, 3.05) is 7.11 Å². The molecule has 5 heteroatoms. The van der Waals surface area contributed by atoms with E-state index in [-0.39, 0.29) is 5.41 Å². The molecule has 1 fully saturated rings. The van der Waals surface area contributed by atoms with Crippen LogP contribution in [0.3, 0.4) is 0 Å². The van der Waals surface area contributed by atoms with Crippen molar-refractivity contribution in [1.82, 2.24) is 15.1 Å². The number of hydrogen-bond acceptors (Lipinski definition) is 5. The predicted molar refractivity (Wildman–Crippen MR) is 84.3 cm³/mol. The van der Waals surface area contributed by atoms with Crippen LogP contribution in [-0.2, 0) is 11.8 Å². The molecule has 5 nitrogen and oxygen atoms in total. The van der Waals surface area contributed by atoms with Crippen LogP contribution in [0.2, 0.25) is 0 Å². The number of methoxy groups -OCH3 is 1. The van der Waals surface area contributed by atoms with E-state index in [0.29, 0.717) is 18.1 Å². The maximum Gasteiger partial charge on any atom is 0.238 e. The van der Waals surface area contributed by atoms with E-state index in [1.54, 1.807) is 7.11 Å². The van der Waals surface area contributed by atoms with E-state index in [1.165, 1.54) is 0 Å². The summed E-state index contributed by atoms with van der Waals surface area (Å²) in [7, 11) is 1.66. The van der Waals surface area contributed by atoms with Gasteiger partial charge in [-0.1, -0.05) is 23.4 Å². The van der Waals surface area contributed by atoms with Crippen LogP contribution in [-0.4, -0.2) is 22.2 Å². The largest absolute Gasteiger partial charge is 0.497 e. The minimum atomic E-state index is -0.174. The number of benzene rings is 1. The van der Waals surface area contributed by atoms with Crippen LogP contribution in [0.15, 0.2) is 53.2 Å². The smallest absolute Gasteiger partial charge is 0.238 e. The van der Waals surface area contributed by atoms with Crippen molar-refractivity contribution < 1.29 is 9.26 Å². The second kappa shape index (κ2) is 5.50. The summed E-state index contributed by atoms with van der Waals surface area (Å²) in [5.74, 6) is 2.22. The lowest BCUT2D eigenvalue weighted by molar-refractivity contribution is 0.354. The van der Waals surface area contributed by atoms with Gasteiger partial charge in [0.05, 0.1) is 18.2 Å². The number of aromatic nitrogens is 3. The molecule has 2 heterocycles. The van der Waals surface area contributed by atoms with Crippen LogP contribution in [0.5, 0.6) is 5.75 Å². The Morgan fingerprint density at radius 3 is 2.61 bits per heavy atom. The Morgan fingerprint density at radius 2 is 1.96 bits per heavy atom. The summed E-state index contributed by atoms with van der Waals surface area (Å²) in [4.78, 5) is 9.07. The van der Waals surface area contributed by atoms with Gasteiger partial charge in [0.1, 0.15) is 5.75 Å². The highest BCUT2D eigenvalue weighted by Gasteiger charge is 2.52. The van der Waals surface area contributed by atoms with Gasteiger partial charge in [0.2, 0.25) is 5.89 Å². The van der Waals surface area contributed by atoms with E-state index < -0.39 is 0 Å². The van der Waals surface area contributed by atoms with Gasteiger partial charge < -0.3 is 9.26 Å². The van der Waals surface area contributed by atoms with Crippen molar-refractivity contribution in [1.29, 1.82) is 0 Å². The molecular formula is C18H17N3O2. The van der Waals surface area contributed by atoms with Crippen molar-refractivity contribution >= 4 is 0 Å². The Balaban J connectivity index is 1.55. The van der Waals surface area contributed by atoms with Gasteiger partial charge in [-0.25, -0.2) is 0 Å². The van der Waals surface area contributed by atoms with E-state index in [0.717, 1.165) is 29.8 Å². The van der Waals surface area contributed by atoms with Crippen molar-refractivity contribution in [3.8, 4) is 5.75 Å². The minimum Gasteiger partial charge on any atom is -0.497 e. The molecule has 3 aromatic rings. The molecule has 0 unspecified atom stereocenters. The molecule has 23 heavy (non-hydrogen) atoms. The number of hydrogen-bond donors (Lipinski definition) is 0. The fourth-order valence-corrected chi connectivity index (χ4v) is 2.80. The Hall–Kier alpha value is -2.69. The summed E-state index contributed by atoms with van der Waals surface area (Å²) in [6.45, 7) is 0. The number of pyridine rings is 1. The number of nitrogens with zero attached hydrogens (tertiary/aromatic N) is 3. The summed E-state index contributed by atoms with van der Waals surface area (Å²) in [6, 6.07) is 13.8. The summed E-state index contributed by atoms with van der Waals surface area (Å²) >= 11 is 0. The molecule has 0 N–H and O–H groups in total. The maximum atomic E-state index is 5.54. The third kappa shape index (κ3) is 2.59. The maximum absolute atomic E-state index is 5.54. The molecule has 1 aliphatic rings. The highest BCUT2D eigenvalue weighted by atomic mass is 16.5. The van der Waals surface area contributed by atoms with Crippen LogP contribution in [0, 0.1) is 0 Å². The molecule has 4 rings (SSSR count). The third-order valence-electron chi connectivity index (χ3n) is 4.30. The Kier molecular flexibility index (Phi) is 3.33. The minimum absolute atomic E-state index is 0.174. The standard InChI is InChI=1S/C18H17N3O2/c1-22-14-7-5-13(6-8-14)12-16-20-17(23-21-16)18(9-10-18)15-4-2-3-11-19-15/h2-8,11H,9-10,12H2,1H3. The first-order chi connectivity index (χ1) is 11.3. The fraction of sp³-hybridized carbons (Fsp3) is 0.278. The van der Waals surface area contributed by atoms with E-state index >= 15 is 0 Å². The van der Waals surface area contributed by atoms with E-state index in [1.807, 2.05) is 48.7 Å². The van der Waals surface area contributed by atoms with Crippen LogP contribution < -0.4 is 4.74 Å². The van der Waals surface area contributed by atoms with Gasteiger partial charge in [0, 0.05) is 12.6 Å². The fourth-order valence-electron chi connectivity index (χ4n) is 2.80. The van der Waals surface area contributed by atoms with Gasteiger partial charge in [0.25, 0.3) is 0 Å². The molecule has 1 saturated carbocycles. The van der Waals surface area contributed by atoms with E-state index in [9.17, 15) is 0 Å². The van der Waals surface area contributed by atoms with Crippen molar-refractivity contribution in [2.24, 2.45) is 0 Å². The van der Waals surface area contributed by atoms with Crippen LogP contribution in [0.1, 0.15) is 35.8 Å². The predicted octanol–water partition coefficient (Wildman–Crippen LogP) is 3.14. The van der Waals surface area contributed by atoms with E-state index in [4.69, 9.17) is 9.26 Å². The first-order valence-electron chi connectivity index (χ1n) is 7.68. The SMILES string of the molecule is COc1ccc(Cc2noc(C3(c4ccccn4)CC3)n2)cc1. The summed E-state index contributed by atoms with van der Waals surface area (Å²) in [5, 5.41) is 4.14. The molecule has 0 radical (unpaired) electrons. The first kappa shape index (κ1) is 13.9. The summed E-state index contributed by atoms with van der Waals surface area (Å²) < 4.78 is 10.7. The van der Waals surface area contributed by atoms with Gasteiger partial charge >= 0.3 is 0 Å². The first-order valence-corrected chi connectivity index (χ1v) is 7.68. The topological polar surface area (TPSA) is 61.0 Å². The molecule has 1 aromatic carbocycles. The lowest BCUT2D eigenvalue weighted by Crippen LogP contribution is -2.11. The summed E-state index contributed by atoms with van der Waals surface area (Å²) in [5.41, 5.74) is 1.97. The molecule has 1 aliphatic carbocycles. The van der Waals surface area contributed by atoms with Gasteiger partial charge in [-0.3, -0.25) is 4.98 Å². The Bertz CT molecular complexity index is 793. The zero-order valence-corrected chi connectivity index (χ0v) is 12.9. The van der Waals surface area contributed by atoms with Crippen LogP contribution >= 0.6 is 0 Å². The molecule has 2 aromatic heterocycles. The second-order valence-electron chi connectivity index (χ2n) is 5.84. The Morgan fingerprint density at radius 1 is 1.13 bits per heavy atom. The van der Waals surface area contributed by atoms with Gasteiger partial charge in [-0.2, -0.15) is 4.98 Å². The van der Waals surface area contributed by atoms with Crippen molar-refractivity contribution in [3.63, 3.8) is 0 Å². The third-order valence-corrected chi connectivity index (χ3v) is 4.30. The highest BCUT2D eigenvalue weighted by molar-refractivity contribution is 5.34. The molecule has 0 atom stereocenters. The molecule has 0 bridgehead atoms. The van der Waals surface area contributed by atoms with E-state index in [2.05, 4.69) is 15.1 Å². The zero-order valence-electron chi connectivity index (χ0n) is 12.9. The lowest BCUT2D eigenvalue weighted by Gasteiger charge is -2.08. The highest BCUT2D eigenvalue weighted by Crippen LogP contribution is 2.51. The zero-order chi connectivity index (χ0) is 15.7. The van der Waals surface area contributed by atoms with Crippen LogP contribution in [0.25, 0.3) is 0 Å². The molecular weight excluding hydrogens is 290 g/mol. The average molecular weight is 307 g/mol. The molecule has 0 saturated heterocycles. The van der Waals surface area contributed by atoms with Crippen molar-refractivity contribution in [2.45, 2.75) is 24.7 Å². The summed E-state index contributed by atoms with van der Waals surface area (Å²) in [6.07, 6.45) is 4.47. The van der Waals surface area contributed by atoms with Crippen LogP contribution in [0.4, 0.5) is 0 Å². The number of rotatable bonds is 5. The molecule has 0 spiro atoms. The molecule has 0 aliphatic heterocycles. The van der Waals surface area contributed by atoms with Crippen molar-refractivity contribution in [3.05, 3.63) is 71.6 Å². The normalized spacial score (nSPS) is 15.3. The van der Waals surface area contributed by atoms with Gasteiger partial charge in [0.15, 0.2) is 5.82 Å². The second-order valence-corrected chi connectivity index (χ2v) is 5.84. The lowest BCUT2D eigenvalue weighted by atomic mass is 10.0. The quantitative estimate of drug-likeness (QED) is 0.724. The monoisotopic (exact) mass is 307 g/mol. The average Bonchev–Trinajstić information content (AvgIpc) is 3.30. The molecule has 0 amide bonds. The Labute approximate surface area is 134 Å². The molecule has 116 valence electrons. The van der Waals surface area contributed by atoms with Gasteiger partial charge in [-0.15, -0.1) is 0 Å². The van der Waals surface area contributed by atoms with Gasteiger partial charge in [-0.05, 0) is 42.7 Å². The number of ether oxygens (including phenoxy) is 1.